The number of hydrogen-bond donors (Lipinski definition) is 1. The largest absolute Gasteiger partial charge is 0.469 e. The van der Waals surface area contributed by atoms with Crippen molar-refractivity contribution in [3.8, 4) is 5.88 Å². The van der Waals surface area contributed by atoms with E-state index in [-0.39, 0.29) is 23.1 Å². The van der Waals surface area contributed by atoms with E-state index in [9.17, 15) is 4.79 Å². The van der Waals surface area contributed by atoms with Crippen LogP contribution in [0.3, 0.4) is 0 Å². The third-order valence-corrected chi connectivity index (χ3v) is 2.83. The number of nitrogens with one attached hydrogen (secondary N) is 1. The zero-order valence-corrected chi connectivity index (χ0v) is 10.6. The van der Waals surface area contributed by atoms with E-state index < -0.39 is 0 Å². The van der Waals surface area contributed by atoms with Crippen molar-refractivity contribution in [2.45, 2.75) is 38.8 Å². The lowest BCUT2D eigenvalue weighted by atomic mass is 10.1. The normalized spacial score (nSPS) is 20.5. The van der Waals surface area contributed by atoms with Crippen LogP contribution < -0.4 is 15.6 Å². The maximum absolute atomic E-state index is 12.2. The van der Waals surface area contributed by atoms with Crippen LogP contribution in [0.25, 0.3) is 0 Å². The fraction of sp³-hybridized carbons (Fsp3) is 0.667. The summed E-state index contributed by atoms with van der Waals surface area (Å²) < 4.78 is 7.29. The Hall–Kier alpha value is -1.36. The molecule has 1 aliphatic heterocycles. The summed E-state index contributed by atoms with van der Waals surface area (Å²) in [5, 5.41) is 3.20. The van der Waals surface area contributed by atoms with Crippen molar-refractivity contribution < 1.29 is 4.74 Å². The second kappa shape index (κ2) is 4.49. The molecule has 5 heteroatoms. The first-order valence-electron chi connectivity index (χ1n) is 5.94. The number of rotatable bonds is 2. The summed E-state index contributed by atoms with van der Waals surface area (Å²) in [5.41, 5.74) is -0.418. The first-order valence-corrected chi connectivity index (χ1v) is 5.94. The topological polar surface area (TPSA) is 56.1 Å². The van der Waals surface area contributed by atoms with Gasteiger partial charge in [0.2, 0.25) is 0 Å². The van der Waals surface area contributed by atoms with Crippen LogP contribution in [-0.4, -0.2) is 28.7 Å². The average Bonchev–Trinajstić information content (AvgIpc) is 2.72. The number of aromatic nitrogens is 2. The lowest BCUT2D eigenvalue weighted by molar-refractivity contribution is 0.205. The van der Waals surface area contributed by atoms with E-state index in [0.717, 1.165) is 19.5 Å². The Balaban J connectivity index is 2.26. The standard InChI is InChI=1S/C12H19N3O2/c1-12(2,3)15-7-6-14-10(11(15)16)17-9-4-5-13-8-9/h6-7,9,13H,4-5,8H2,1-3H3. The minimum Gasteiger partial charge on any atom is -0.469 e. The van der Waals surface area contributed by atoms with Gasteiger partial charge in [-0.3, -0.25) is 4.79 Å². The number of ether oxygens (including phenoxy) is 1. The van der Waals surface area contributed by atoms with Crippen LogP contribution in [0.4, 0.5) is 0 Å². The fourth-order valence-corrected chi connectivity index (χ4v) is 1.89. The van der Waals surface area contributed by atoms with Gasteiger partial charge in [0.05, 0.1) is 0 Å². The monoisotopic (exact) mass is 237 g/mol. The zero-order chi connectivity index (χ0) is 12.5. The van der Waals surface area contributed by atoms with Crippen LogP contribution >= 0.6 is 0 Å². The zero-order valence-electron chi connectivity index (χ0n) is 10.6. The van der Waals surface area contributed by atoms with Crippen molar-refractivity contribution in [3.63, 3.8) is 0 Å². The van der Waals surface area contributed by atoms with E-state index in [2.05, 4.69) is 10.3 Å². The summed E-state index contributed by atoms with van der Waals surface area (Å²) in [5.74, 6) is 0.205. The van der Waals surface area contributed by atoms with Crippen molar-refractivity contribution in [2.75, 3.05) is 13.1 Å². The van der Waals surface area contributed by atoms with Gasteiger partial charge in [-0.15, -0.1) is 0 Å². The molecule has 0 spiro atoms. The number of nitrogens with zero attached hydrogens (tertiary/aromatic N) is 2. The van der Waals surface area contributed by atoms with Crippen molar-refractivity contribution in [1.29, 1.82) is 0 Å². The Morgan fingerprint density at radius 1 is 1.53 bits per heavy atom. The Labute approximate surface area is 101 Å². The summed E-state index contributed by atoms with van der Waals surface area (Å²) >= 11 is 0. The van der Waals surface area contributed by atoms with Crippen molar-refractivity contribution in [2.24, 2.45) is 0 Å². The molecule has 0 aliphatic carbocycles. The van der Waals surface area contributed by atoms with E-state index >= 15 is 0 Å². The van der Waals surface area contributed by atoms with Gasteiger partial charge in [-0.1, -0.05) is 0 Å². The highest BCUT2D eigenvalue weighted by Gasteiger charge is 2.21. The molecule has 1 unspecified atom stereocenters. The molecule has 0 aromatic carbocycles. The second-order valence-electron chi connectivity index (χ2n) is 5.31. The van der Waals surface area contributed by atoms with Gasteiger partial charge in [-0.05, 0) is 33.7 Å². The number of hydrogen-bond acceptors (Lipinski definition) is 4. The molecule has 1 fully saturated rings. The summed E-state index contributed by atoms with van der Waals surface area (Å²) in [6.45, 7) is 7.66. The highest BCUT2D eigenvalue weighted by molar-refractivity contribution is 5.07. The maximum Gasteiger partial charge on any atom is 0.313 e. The van der Waals surface area contributed by atoms with E-state index in [1.807, 2.05) is 20.8 Å². The predicted molar refractivity (Wildman–Crippen MR) is 65.4 cm³/mol. The molecule has 0 radical (unpaired) electrons. The summed E-state index contributed by atoms with van der Waals surface area (Å²) in [4.78, 5) is 16.2. The smallest absolute Gasteiger partial charge is 0.313 e. The minimum absolute atomic E-state index is 0.0611. The molecule has 2 heterocycles. The van der Waals surface area contributed by atoms with Crippen LogP contribution in [0.1, 0.15) is 27.2 Å². The van der Waals surface area contributed by atoms with Crippen molar-refractivity contribution in [3.05, 3.63) is 22.7 Å². The molecule has 1 saturated heterocycles. The molecular weight excluding hydrogens is 218 g/mol. The molecule has 17 heavy (non-hydrogen) atoms. The van der Waals surface area contributed by atoms with Crippen LogP contribution in [-0.2, 0) is 5.54 Å². The summed E-state index contributed by atoms with van der Waals surface area (Å²) in [7, 11) is 0. The van der Waals surface area contributed by atoms with Gasteiger partial charge in [0, 0.05) is 24.5 Å². The lowest BCUT2D eigenvalue weighted by Crippen LogP contribution is -2.35. The second-order valence-corrected chi connectivity index (χ2v) is 5.31. The first kappa shape index (κ1) is 12.1. The Morgan fingerprint density at radius 2 is 2.29 bits per heavy atom. The highest BCUT2D eigenvalue weighted by atomic mass is 16.5. The third-order valence-electron chi connectivity index (χ3n) is 2.83. The molecule has 2 rings (SSSR count). The molecule has 0 bridgehead atoms. The van der Waals surface area contributed by atoms with E-state index in [0.29, 0.717) is 0 Å². The van der Waals surface area contributed by atoms with Gasteiger partial charge in [-0.2, -0.15) is 0 Å². The molecule has 1 aromatic heterocycles. The van der Waals surface area contributed by atoms with Gasteiger partial charge >= 0.3 is 5.56 Å². The van der Waals surface area contributed by atoms with Gasteiger partial charge in [0.25, 0.3) is 5.88 Å². The first-order chi connectivity index (χ1) is 7.98. The molecule has 94 valence electrons. The van der Waals surface area contributed by atoms with E-state index in [4.69, 9.17) is 4.74 Å². The molecule has 5 nitrogen and oxygen atoms in total. The third kappa shape index (κ3) is 2.66. The molecule has 0 saturated carbocycles. The summed E-state index contributed by atoms with van der Waals surface area (Å²) in [6, 6.07) is 0. The van der Waals surface area contributed by atoms with Crippen molar-refractivity contribution in [1.82, 2.24) is 14.9 Å². The Morgan fingerprint density at radius 3 is 2.88 bits per heavy atom. The lowest BCUT2D eigenvalue weighted by Gasteiger charge is -2.22. The average molecular weight is 237 g/mol. The van der Waals surface area contributed by atoms with Gasteiger partial charge < -0.3 is 14.6 Å². The van der Waals surface area contributed by atoms with Crippen LogP contribution in [0.15, 0.2) is 17.2 Å². The molecule has 1 aliphatic rings. The van der Waals surface area contributed by atoms with Gasteiger partial charge in [-0.25, -0.2) is 4.98 Å². The van der Waals surface area contributed by atoms with E-state index in [1.165, 1.54) is 0 Å². The molecule has 1 aromatic rings. The summed E-state index contributed by atoms with van der Waals surface area (Å²) in [6.07, 6.45) is 4.30. The molecule has 1 N–H and O–H groups in total. The van der Waals surface area contributed by atoms with Gasteiger partial charge in [0.1, 0.15) is 6.10 Å². The highest BCUT2D eigenvalue weighted by Crippen LogP contribution is 2.13. The Kier molecular flexibility index (Phi) is 3.19. The SMILES string of the molecule is CC(C)(C)n1ccnc(OC2CCNC2)c1=O. The quantitative estimate of drug-likeness (QED) is 0.824. The van der Waals surface area contributed by atoms with Crippen LogP contribution in [0.2, 0.25) is 0 Å². The van der Waals surface area contributed by atoms with Gasteiger partial charge in [0.15, 0.2) is 0 Å². The molecule has 1 atom stereocenters. The predicted octanol–water partition coefficient (Wildman–Crippen LogP) is 0.739. The molecular formula is C12H19N3O2. The van der Waals surface area contributed by atoms with Crippen molar-refractivity contribution >= 4 is 0 Å². The minimum atomic E-state index is -0.258. The Bertz CT molecular complexity index is 442. The molecule has 0 amide bonds. The van der Waals surface area contributed by atoms with Crippen LogP contribution in [0.5, 0.6) is 5.88 Å². The fourth-order valence-electron chi connectivity index (χ4n) is 1.89. The maximum atomic E-state index is 12.2. The van der Waals surface area contributed by atoms with E-state index in [1.54, 1.807) is 17.0 Å². The van der Waals surface area contributed by atoms with Crippen LogP contribution in [0, 0.1) is 0 Å².